The molecule has 19 heavy (non-hydrogen) atoms. The third kappa shape index (κ3) is 3.77. The molecule has 1 fully saturated rings. The van der Waals surface area contributed by atoms with Gasteiger partial charge in [-0.1, -0.05) is 22.0 Å². The number of nitrogens with one attached hydrogen (secondary N) is 1. The maximum absolute atomic E-state index is 13.9. The lowest BCUT2D eigenvalue weighted by atomic mass is 9.97. The van der Waals surface area contributed by atoms with Gasteiger partial charge in [0.05, 0.1) is 0 Å². The third-order valence-corrected chi connectivity index (χ3v) is 4.62. The molecule has 0 bridgehead atoms. The highest BCUT2D eigenvalue weighted by atomic mass is 79.9. The lowest BCUT2D eigenvalue weighted by Gasteiger charge is -2.36. The zero-order valence-electron chi connectivity index (χ0n) is 11.8. The van der Waals surface area contributed by atoms with Gasteiger partial charge in [-0.3, -0.25) is 0 Å². The highest BCUT2D eigenvalue weighted by Crippen LogP contribution is 2.23. The molecule has 1 aliphatic rings. The minimum Gasteiger partial charge on any atom is -0.307 e. The van der Waals surface area contributed by atoms with E-state index < -0.39 is 0 Å². The van der Waals surface area contributed by atoms with Crippen molar-refractivity contribution in [3.63, 3.8) is 0 Å². The van der Waals surface area contributed by atoms with Gasteiger partial charge in [0.2, 0.25) is 0 Å². The number of benzene rings is 1. The smallest absolute Gasteiger partial charge is 0.129 e. The van der Waals surface area contributed by atoms with Crippen LogP contribution >= 0.6 is 15.9 Å². The van der Waals surface area contributed by atoms with Gasteiger partial charge in [-0.2, -0.15) is 0 Å². The Kier molecular flexibility index (Phi) is 4.98. The van der Waals surface area contributed by atoms with Crippen molar-refractivity contribution in [2.24, 2.45) is 0 Å². The third-order valence-electron chi connectivity index (χ3n) is 4.12. The van der Waals surface area contributed by atoms with Crippen molar-refractivity contribution in [3.05, 3.63) is 34.1 Å². The zero-order valence-corrected chi connectivity index (χ0v) is 13.4. The van der Waals surface area contributed by atoms with Gasteiger partial charge in [0.15, 0.2) is 0 Å². The maximum Gasteiger partial charge on any atom is 0.129 e. The van der Waals surface area contributed by atoms with Crippen molar-refractivity contribution < 1.29 is 4.39 Å². The van der Waals surface area contributed by atoms with Crippen LogP contribution in [0.5, 0.6) is 0 Å². The zero-order chi connectivity index (χ0) is 14.0. The van der Waals surface area contributed by atoms with Gasteiger partial charge >= 0.3 is 0 Å². The van der Waals surface area contributed by atoms with Gasteiger partial charge in [0, 0.05) is 28.2 Å². The highest BCUT2D eigenvalue weighted by molar-refractivity contribution is 9.10. The molecule has 0 amide bonds. The molecule has 1 saturated heterocycles. The van der Waals surface area contributed by atoms with Crippen LogP contribution in [0.3, 0.4) is 0 Å². The lowest BCUT2D eigenvalue weighted by molar-refractivity contribution is 0.163. The van der Waals surface area contributed by atoms with E-state index in [1.54, 1.807) is 0 Å². The summed E-state index contributed by atoms with van der Waals surface area (Å²) in [6.45, 7) is 5.39. The Morgan fingerprint density at radius 1 is 1.47 bits per heavy atom. The second-order valence-corrected chi connectivity index (χ2v) is 6.52. The van der Waals surface area contributed by atoms with Crippen LogP contribution in [-0.4, -0.2) is 30.6 Å². The predicted molar refractivity (Wildman–Crippen MR) is 80.8 cm³/mol. The van der Waals surface area contributed by atoms with Crippen molar-refractivity contribution in [2.45, 2.75) is 44.8 Å². The SMILES string of the molecule is CC(NC1CCN(C)C(C)C1)c1ccc(Br)cc1F. The van der Waals surface area contributed by atoms with Gasteiger partial charge in [-0.25, -0.2) is 4.39 Å². The number of rotatable bonds is 3. The molecule has 1 aromatic carbocycles. The van der Waals surface area contributed by atoms with Crippen LogP contribution in [0.15, 0.2) is 22.7 Å². The Bertz CT molecular complexity index is 438. The first-order valence-electron chi connectivity index (χ1n) is 6.88. The lowest BCUT2D eigenvalue weighted by Crippen LogP contribution is -2.46. The monoisotopic (exact) mass is 328 g/mol. The van der Waals surface area contributed by atoms with Gasteiger partial charge in [0.1, 0.15) is 5.82 Å². The number of hydrogen-bond donors (Lipinski definition) is 1. The summed E-state index contributed by atoms with van der Waals surface area (Å²) in [5.41, 5.74) is 0.745. The Balaban J connectivity index is 1.99. The standard InChI is InChI=1S/C15H22BrFN2/c1-10-8-13(6-7-19(10)3)18-11(2)14-5-4-12(16)9-15(14)17/h4-5,9-11,13,18H,6-8H2,1-3H3. The van der Waals surface area contributed by atoms with E-state index in [9.17, 15) is 4.39 Å². The van der Waals surface area contributed by atoms with Crippen LogP contribution in [0, 0.1) is 5.82 Å². The summed E-state index contributed by atoms with van der Waals surface area (Å²) in [5, 5.41) is 3.56. The normalized spacial score (nSPS) is 26.4. The van der Waals surface area contributed by atoms with Crippen LogP contribution in [0.2, 0.25) is 0 Å². The summed E-state index contributed by atoms with van der Waals surface area (Å²) in [5.74, 6) is -0.143. The summed E-state index contributed by atoms with van der Waals surface area (Å²) in [6.07, 6.45) is 2.25. The average Bonchev–Trinajstić information content (AvgIpc) is 2.33. The van der Waals surface area contributed by atoms with E-state index in [1.165, 1.54) is 6.07 Å². The van der Waals surface area contributed by atoms with Crippen molar-refractivity contribution in [2.75, 3.05) is 13.6 Å². The first kappa shape index (κ1) is 14.9. The maximum atomic E-state index is 13.9. The molecular weight excluding hydrogens is 307 g/mol. The fourth-order valence-corrected chi connectivity index (χ4v) is 3.07. The summed E-state index contributed by atoms with van der Waals surface area (Å²) < 4.78 is 14.7. The molecule has 0 aromatic heterocycles. The molecule has 2 nitrogen and oxygen atoms in total. The van der Waals surface area contributed by atoms with E-state index in [0.717, 1.165) is 29.4 Å². The molecule has 0 spiro atoms. The van der Waals surface area contributed by atoms with E-state index in [0.29, 0.717) is 12.1 Å². The number of nitrogens with zero attached hydrogens (tertiary/aromatic N) is 1. The second kappa shape index (κ2) is 6.33. The van der Waals surface area contributed by atoms with Crippen LogP contribution in [0.1, 0.15) is 38.3 Å². The first-order chi connectivity index (χ1) is 8.97. The molecule has 0 radical (unpaired) electrons. The molecule has 106 valence electrons. The van der Waals surface area contributed by atoms with E-state index in [-0.39, 0.29) is 11.9 Å². The summed E-state index contributed by atoms with van der Waals surface area (Å²) in [6, 6.07) is 6.40. The fraction of sp³-hybridized carbons (Fsp3) is 0.600. The average molecular weight is 329 g/mol. The molecule has 0 saturated carbocycles. The van der Waals surface area contributed by atoms with Crippen molar-refractivity contribution in [1.29, 1.82) is 0 Å². The highest BCUT2D eigenvalue weighted by Gasteiger charge is 2.24. The summed E-state index contributed by atoms with van der Waals surface area (Å²) in [4.78, 5) is 2.38. The van der Waals surface area contributed by atoms with Crippen LogP contribution in [0.25, 0.3) is 0 Å². The first-order valence-corrected chi connectivity index (χ1v) is 7.68. The molecule has 1 aromatic rings. The molecule has 1 aliphatic heterocycles. The minimum absolute atomic E-state index is 0.0497. The molecule has 0 aliphatic carbocycles. The van der Waals surface area contributed by atoms with E-state index in [2.05, 4.69) is 40.1 Å². The molecule has 3 atom stereocenters. The van der Waals surface area contributed by atoms with E-state index in [4.69, 9.17) is 0 Å². The Morgan fingerprint density at radius 2 is 2.21 bits per heavy atom. The second-order valence-electron chi connectivity index (χ2n) is 5.61. The molecule has 1 heterocycles. The minimum atomic E-state index is -0.143. The van der Waals surface area contributed by atoms with Crippen LogP contribution < -0.4 is 5.32 Å². The van der Waals surface area contributed by atoms with Crippen LogP contribution in [-0.2, 0) is 0 Å². The van der Waals surface area contributed by atoms with Crippen molar-refractivity contribution >= 4 is 15.9 Å². The number of hydrogen-bond acceptors (Lipinski definition) is 2. The fourth-order valence-electron chi connectivity index (χ4n) is 2.74. The number of likely N-dealkylation sites (tertiary alicyclic amines) is 1. The van der Waals surface area contributed by atoms with Gasteiger partial charge in [-0.15, -0.1) is 0 Å². The van der Waals surface area contributed by atoms with E-state index >= 15 is 0 Å². The van der Waals surface area contributed by atoms with Gasteiger partial charge in [-0.05, 0) is 52.4 Å². The molecular formula is C15H22BrFN2. The topological polar surface area (TPSA) is 15.3 Å². The molecule has 2 rings (SSSR count). The molecule has 1 N–H and O–H groups in total. The molecule has 3 unspecified atom stereocenters. The van der Waals surface area contributed by atoms with E-state index in [1.807, 2.05) is 19.1 Å². The predicted octanol–water partition coefficient (Wildman–Crippen LogP) is 3.72. The number of halogens is 2. The summed E-state index contributed by atoms with van der Waals surface area (Å²) >= 11 is 3.29. The Labute approximate surface area is 123 Å². The quantitative estimate of drug-likeness (QED) is 0.909. The Morgan fingerprint density at radius 3 is 2.84 bits per heavy atom. The van der Waals surface area contributed by atoms with Crippen molar-refractivity contribution in [1.82, 2.24) is 10.2 Å². The van der Waals surface area contributed by atoms with Gasteiger partial charge < -0.3 is 10.2 Å². The van der Waals surface area contributed by atoms with Crippen LogP contribution in [0.4, 0.5) is 4.39 Å². The number of piperidine rings is 1. The Hall–Kier alpha value is -0.450. The van der Waals surface area contributed by atoms with Gasteiger partial charge in [0.25, 0.3) is 0 Å². The molecule has 4 heteroatoms. The van der Waals surface area contributed by atoms with Crippen molar-refractivity contribution in [3.8, 4) is 0 Å². The largest absolute Gasteiger partial charge is 0.307 e. The summed E-state index contributed by atoms with van der Waals surface area (Å²) in [7, 11) is 2.17.